The highest BCUT2D eigenvalue weighted by Gasteiger charge is 2.27. The summed E-state index contributed by atoms with van der Waals surface area (Å²) in [5.74, 6) is -0.754. The van der Waals surface area contributed by atoms with Crippen molar-refractivity contribution in [1.29, 1.82) is 0 Å². The number of rotatable bonds is 61. The number of phenolic OH excluding ortho intramolecular Hbond substituents is 1. The normalized spacial score (nSPS) is 13.0. The van der Waals surface area contributed by atoms with Crippen LogP contribution in [-0.4, -0.2) is 110 Å². The molecule has 0 fully saturated rings. The average Bonchev–Trinajstić information content (AvgIpc) is 2.03. The Kier molecular flexibility index (Phi) is 49.9. The van der Waals surface area contributed by atoms with Gasteiger partial charge in [0.15, 0.2) is 6.10 Å². The highest BCUT2D eigenvalue weighted by molar-refractivity contribution is 7.47. The summed E-state index contributed by atoms with van der Waals surface area (Å²) >= 11 is 0. The third kappa shape index (κ3) is 45.2. The van der Waals surface area contributed by atoms with Gasteiger partial charge in [0.2, 0.25) is 11.8 Å². The zero-order valence-electron chi connectivity index (χ0n) is 57.0. The number of nitrogens with zero attached hydrogens (tertiary/aromatic N) is 1. The number of benzene rings is 2. The molecule has 0 bridgehead atoms. The minimum atomic E-state index is -4.59. The fourth-order valence-corrected chi connectivity index (χ4v) is 12.3. The number of carbonyl (C=O) groups is 4. The Balaban J connectivity index is 1.66. The summed E-state index contributed by atoms with van der Waals surface area (Å²) in [6, 6.07) is 16.9. The third-order valence-electron chi connectivity index (χ3n) is 16.9. The molecule has 89 heavy (non-hydrogen) atoms. The number of ether oxygens (including phenoxy) is 3. The molecule has 2 amide bonds. The summed E-state index contributed by atoms with van der Waals surface area (Å²) in [5.41, 5.74) is 3.11. The molecule has 2 aromatic rings. The van der Waals surface area contributed by atoms with Crippen LogP contribution in [-0.2, 0) is 53.4 Å². The van der Waals surface area contributed by atoms with Crippen LogP contribution in [0.15, 0.2) is 48.5 Å². The van der Waals surface area contributed by atoms with Gasteiger partial charge in [-0.15, -0.1) is 0 Å². The molecule has 0 heterocycles. The van der Waals surface area contributed by atoms with Gasteiger partial charge in [0, 0.05) is 62.3 Å². The Morgan fingerprint density at radius 1 is 0.517 bits per heavy atom. The van der Waals surface area contributed by atoms with Gasteiger partial charge in [0.25, 0.3) is 0 Å². The van der Waals surface area contributed by atoms with Gasteiger partial charge in [-0.1, -0.05) is 243 Å². The Morgan fingerprint density at radius 3 is 1.46 bits per heavy atom. The van der Waals surface area contributed by atoms with Crippen molar-refractivity contribution in [3.8, 4) is 5.75 Å². The van der Waals surface area contributed by atoms with E-state index in [0.29, 0.717) is 63.6 Å². The van der Waals surface area contributed by atoms with Crippen molar-refractivity contribution in [2.45, 2.75) is 316 Å². The molecule has 0 saturated heterocycles. The SMILES string of the molecule is CCCCCCCCCCCCCCCCCC(=O)OC[C@H](COP(=O)(O)OCCOCCNC(=O)CCCCCC(=O)NCCc1ccc(O)c([C@H](CCN(C(C)C)C(C)C)c2ccccc2)c1)OC(=O)CCCCCCCCCCCCCCCCC. The Labute approximate surface area is 541 Å². The maximum atomic E-state index is 12.9. The average molecular weight is 1270 g/mol. The Hall–Kier alpha value is -3.85. The summed E-state index contributed by atoms with van der Waals surface area (Å²) in [7, 11) is -4.59. The predicted octanol–water partition coefficient (Wildman–Crippen LogP) is 17.9. The second-order valence-electron chi connectivity index (χ2n) is 25.5. The van der Waals surface area contributed by atoms with E-state index in [1.165, 1.54) is 141 Å². The highest BCUT2D eigenvalue weighted by atomic mass is 31.2. The van der Waals surface area contributed by atoms with E-state index in [2.05, 4.69) is 75.3 Å². The monoisotopic (exact) mass is 1270 g/mol. The van der Waals surface area contributed by atoms with Gasteiger partial charge >= 0.3 is 19.8 Å². The van der Waals surface area contributed by atoms with E-state index in [1.807, 2.05) is 24.3 Å². The van der Waals surface area contributed by atoms with Crippen LogP contribution in [0.2, 0.25) is 0 Å². The molecule has 0 aromatic heterocycles. The first-order valence-electron chi connectivity index (χ1n) is 35.9. The molecule has 0 spiro atoms. The van der Waals surface area contributed by atoms with Gasteiger partial charge in [-0.05, 0) is 90.0 Å². The van der Waals surface area contributed by atoms with Crippen LogP contribution in [0.4, 0.5) is 0 Å². The van der Waals surface area contributed by atoms with E-state index in [9.17, 15) is 33.7 Å². The number of phosphoric ester groups is 1. The molecule has 512 valence electrons. The van der Waals surface area contributed by atoms with Crippen molar-refractivity contribution in [3.63, 3.8) is 0 Å². The highest BCUT2D eigenvalue weighted by Crippen LogP contribution is 2.43. The number of carbonyl (C=O) groups excluding carboxylic acids is 4. The van der Waals surface area contributed by atoms with E-state index < -0.39 is 32.5 Å². The minimum Gasteiger partial charge on any atom is -0.508 e. The van der Waals surface area contributed by atoms with Crippen LogP contribution in [0, 0.1) is 0 Å². The lowest BCUT2D eigenvalue weighted by Crippen LogP contribution is -2.38. The lowest BCUT2D eigenvalue weighted by atomic mass is 9.86. The first kappa shape index (κ1) is 81.2. The molecule has 3 atom stereocenters. The quantitative estimate of drug-likeness (QED) is 0.0277. The van der Waals surface area contributed by atoms with Gasteiger partial charge in [-0.3, -0.25) is 33.1 Å². The van der Waals surface area contributed by atoms with E-state index in [0.717, 1.165) is 74.6 Å². The van der Waals surface area contributed by atoms with Crippen LogP contribution in [0.3, 0.4) is 0 Å². The molecule has 4 N–H and O–H groups in total. The smallest absolute Gasteiger partial charge is 0.472 e. The van der Waals surface area contributed by atoms with E-state index in [4.69, 9.17) is 23.3 Å². The number of hydrogen-bond donors (Lipinski definition) is 4. The lowest BCUT2D eigenvalue weighted by Gasteiger charge is -2.32. The van der Waals surface area contributed by atoms with Crippen LogP contribution in [0.5, 0.6) is 5.75 Å². The minimum absolute atomic E-state index is 0.0282. The van der Waals surface area contributed by atoms with Crippen LogP contribution < -0.4 is 10.6 Å². The number of phenols is 1. The lowest BCUT2D eigenvalue weighted by molar-refractivity contribution is -0.161. The van der Waals surface area contributed by atoms with Crippen molar-refractivity contribution >= 4 is 31.6 Å². The second kappa shape index (κ2) is 54.7. The molecule has 2 rings (SSSR count). The van der Waals surface area contributed by atoms with Crippen molar-refractivity contribution in [1.82, 2.24) is 15.5 Å². The summed E-state index contributed by atoms with van der Waals surface area (Å²) in [6.45, 7) is 14.1. The number of esters is 2. The van der Waals surface area contributed by atoms with Gasteiger partial charge < -0.3 is 34.8 Å². The molecular formula is C73H128N3O12P. The zero-order chi connectivity index (χ0) is 64.8. The van der Waals surface area contributed by atoms with Gasteiger partial charge in [0.05, 0.1) is 26.4 Å². The number of amides is 2. The Morgan fingerprint density at radius 2 is 0.966 bits per heavy atom. The van der Waals surface area contributed by atoms with Crippen molar-refractivity contribution in [2.24, 2.45) is 0 Å². The van der Waals surface area contributed by atoms with Gasteiger partial charge in [-0.2, -0.15) is 0 Å². The van der Waals surface area contributed by atoms with E-state index >= 15 is 0 Å². The first-order valence-corrected chi connectivity index (χ1v) is 37.4. The van der Waals surface area contributed by atoms with Crippen LogP contribution in [0.1, 0.15) is 308 Å². The number of phosphoric acid groups is 1. The third-order valence-corrected chi connectivity index (χ3v) is 17.9. The fourth-order valence-electron chi connectivity index (χ4n) is 11.6. The molecule has 2 aromatic carbocycles. The summed E-state index contributed by atoms with van der Waals surface area (Å²) in [6.07, 6.45) is 40.2. The van der Waals surface area contributed by atoms with Crippen LogP contribution in [0.25, 0.3) is 0 Å². The molecular weight excluding hydrogens is 1140 g/mol. The van der Waals surface area contributed by atoms with E-state index in [1.54, 1.807) is 6.07 Å². The van der Waals surface area contributed by atoms with Crippen molar-refractivity contribution in [3.05, 3.63) is 65.2 Å². The van der Waals surface area contributed by atoms with Crippen molar-refractivity contribution < 1.29 is 57.0 Å². The molecule has 16 heteroatoms. The maximum absolute atomic E-state index is 12.9. The molecule has 0 aliphatic heterocycles. The van der Waals surface area contributed by atoms with Gasteiger partial charge in [0.1, 0.15) is 12.4 Å². The largest absolute Gasteiger partial charge is 0.508 e. The summed E-state index contributed by atoms with van der Waals surface area (Å²) < 4.78 is 39.8. The molecule has 1 unspecified atom stereocenters. The molecule has 0 aliphatic rings. The number of unbranched alkanes of at least 4 members (excludes halogenated alkanes) is 30. The van der Waals surface area contributed by atoms with Crippen molar-refractivity contribution in [2.75, 3.05) is 52.7 Å². The zero-order valence-corrected chi connectivity index (χ0v) is 57.9. The number of aromatic hydroxyl groups is 1. The van der Waals surface area contributed by atoms with E-state index in [-0.39, 0.29) is 69.3 Å². The van der Waals surface area contributed by atoms with Gasteiger partial charge in [-0.25, -0.2) is 4.57 Å². The molecule has 0 aliphatic carbocycles. The maximum Gasteiger partial charge on any atom is 0.472 e. The standard InChI is InChI=1S/C73H128N3O12P/c1-7-9-11-13-15-17-19-21-23-25-27-29-31-33-41-47-72(80)85-60-66(88-73(81)48-42-34-32-30-28-26-24-22-20-18-16-14-12-10-8-2)61-87-89(82,83)86-58-57-84-56-54-75-71(79)46-40-36-39-45-70(78)74-53-51-64-49-50-69(77)68(59-64)67(65-43-37-35-38-44-65)52-55-76(62(3)4)63(5)6/h35,37-38,43-44,49-50,59,62-63,66-67,77H,7-34,36,39-42,45-48,51-58,60-61H2,1-6H3,(H,74,78)(H,75,79)(H,82,83)/t66-,67-/m1/s1. The number of hydrogen-bond acceptors (Lipinski definition) is 12. The second-order valence-corrected chi connectivity index (χ2v) is 26.9. The fraction of sp³-hybridized carbons (Fsp3) is 0.781. The summed E-state index contributed by atoms with van der Waals surface area (Å²) in [5, 5.41) is 16.9. The van der Waals surface area contributed by atoms with Crippen LogP contribution >= 0.6 is 7.82 Å². The Bertz CT molecular complexity index is 2100. The summed E-state index contributed by atoms with van der Waals surface area (Å²) in [4.78, 5) is 63.8. The topological polar surface area (TPSA) is 199 Å². The predicted molar refractivity (Wildman–Crippen MR) is 363 cm³/mol. The molecule has 0 radical (unpaired) electrons. The number of nitrogens with one attached hydrogen (secondary N) is 2. The molecule has 15 nitrogen and oxygen atoms in total. The molecule has 0 saturated carbocycles. The first-order chi connectivity index (χ1) is 43.1.